The summed E-state index contributed by atoms with van der Waals surface area (Å²) in [6.45, 7) is 0.281. The maximum atomic E-state index is 12.9. The number of halogens is 3. The molecule has 0 unspecified atom stereocenters. The van der Waals surface area contributed by atoms with E-state index in [1.807, 2.05) is 24.3 Å². The number of likely N-dealkylation sites (N-methyl/N-ethyl adjacent to an activating group) is 1. The molecule has 4 rings (SSSR count). The second-order valence-corrected chi connectivity index (χ2v) is 8.86. The van der Waals surface area contributed by atoms with Gasteiger partial charge in [0.05, 0.1) is 23.3 Å². The lowest BCUT2D eigenvalue weighted by Gasteiger charge is -2.27. The molecule has 0 saturated heterocycles. The van der Waals surface area contributed by atoms with E-state index < -0.39 is 11.7 Å². The molecule has 0 spiro atoms. The number of anilines is 1. The lowest BCUT2D eigenvalue weighted by molar-refractivity contribution is -0.137. The van der Waals surface area contributed by atoms with Gasteiger partial charge < -0.3 is 15.0 Å². The number of nitrogens with one attached hydrogen (secondary N) is 1. The number of fused-ring (bicyclic) bond motifs is 1. The van der Waals surface area contributed by atoms with Crippen LogP contribution >= 0.6 is 11.8 Å². The van der Waals surface area contributed by atoms with Crippen molar-refractivity contribution in [2.75, 3.05) is 19.1 Å². The van der Waals surface area contributed by atoms with Crippen LogP contribution in [0.4, 0.5) is 18.9 Å². The second-order valence-electron chi connectivity index (χ2n) is 7.77. The molecule has 35 heavy (non-hydrogen) atoms. The van der Waals surface area contributed by atoms with Crippen LogP contribution in [-0.4, -0.2) is 26.0 Å². The minimum absolute atomic E-state index is 0.281. The Kier molecular flexibility index (Phi) is 6.88. The fraction of sp³-hybridized carbons (Fsp3) is 0.154. The molecule has 180 valence electrons. The molecule has 9 heteroatoms. The molecule has 0 bridgehead atoms. The molecular formula is C26H21F3N2O3S. The summed E-state index contributed by atoms with van der Waals surface area (Å²) in [5.41, 5.74) is 1.55. The summed E-state index contributed by atoms with van der Waals surface area (Å²) in [6, 6.07) is 17.1. The number of carbonyl (C=O) groups excluding carboxylic acids is 2. The number of carbonyl (C=O) groups is 2. The third kappa shape index (κ3) is 5.35. The lowest BCUT2D eigenvalue weighted by atomic mass is 10.1. The van der Waals surface area contributed by atoms with Gasteiger partial charge in [-0.2, -0.15) is 13.2 Å². The number of nitrogens with zero attached hydrogens (tertiary/aromatic N) is 1. The highest BCUT2D eigenvalue weighted by Crippen LogP contribution is 2.42. The van der Waals surface area contributed by atoms with Crippen LogP contribution in [0.15, 0.2) is 76.5 Å². The molecule has 1 heterocycles. The van der Waals surface area contributed by atoms with E-state index in [0.717, 1.165) is 22.6 Å². The van der Waals surface area contributed by atoms with Crippen molar-refractivity contribution in [1.82, 2.24) is 5.32 Å². The molecule has 0 saturated carbocycles. The number of thioether (sulfide) groups is 1. The van der Waals surface area contributed by atoms with E-state index in [1.54, 1.807) is 38.4 Å². The highest BCUT2D eigenvalue weighted by molar-refractivity contribution is 8.04. The Morgan fingerprint density at radius 2 is 1.80 bits per heavy atom. The first kappa shape index (κ1) is 24.4. The van der Waals surface area contributed by atoms with E-state index >= 15 is 0 Å². The van der Waals surface area contributed by atoms with E-state index in [-0.39, 0.29) is 18.4 Å². The van der Waals surface area contributed by atoms with Crippen molar-refractivity contribution in [2.45, 2.75) is 17.6 Å². The minimum atomic E-state index is -4.42. The summed E-state index contributed by atoms with van der Waals surface area (Å²) in [5.74, 6) is 0.0666. The van der Waals surface area contributed by atoms with Gasteiger partial charge in [0.15, 0.2) is 0 Å². The fourth-order valence-corrected chi connectivity index (χ4v) is 4.67. The van der Waals surface area contributed by atoms with Crippen LogP contribution in [0.5, 0.6) is 5.75 Å². The predicted octanol–water partition coefficient (Wildman–Crippen LogP) is 5.75. The number of hydrogen-bond acceptors (Lipinski definition) is 4. The van der Waals surface area contributed by atoms with Gasteiger partial charge in [-0.3, -0.25) is 9.59 Å². The second kappa shape index (κ2) is 9.87. The number of benzene rings is 3. The first-order valence-electron chi connectivity index (χ1n) is 10.6. The molecule has 1 N–H and O–H groups in total. The van der Waals surface area contributed by atoms with Crippen LogP contribution in [0.25, 0.3) is 6.08 Å². The Labute approximate surface area is 204 Å². The smallest absolute Gasteiger partial charge is 0.416 e. The van der Waals surface area contributed by atoms with Crippen LogP contribution < -0.4 is 15.0 Å². The van der Waals surface area contributed by atoms with E-state index in [9.17, 15) is 22.8 Å². The van der Waals surface area contributed by atoms with Gasteiger partial charge >= 0.3 is 6.18 Å². The van der Waals surface area contributed by atoms with Gasteiger partial charge in [0.2, 0.25) is 0 Å². The average molecular weight is 499 g/mol. The molecule has 2 amide bonds. The maximum absolute atomic E-state index is 12.9. The Morgan fingerprint density at radius 3 is 2.49 bits per heavy atom. The Hall–Kier alpha value is -3.72. The first-order chi connectivity index (χ1) is 16.7. The zero-order valence-corrected chi connectivity index (χ0v) is 19.7. The lowest BCUT2D eigenvalue weighted by Crippen LogP contribution is -2.31. The number of hydrogen-bond donors (Lipinski definition) is 1. The monoisotopic (exact) mass is 498 g/mol. The largest absolute Gasteiger partial charge is 0.496 e. The third-order valence-electron chi connectivity index (χ3n) is 5.49. The highest BCUT2D eigenvalue weighted by atomic mass is 32.2. The molecular weight excluding hydrogens is 477 g/mol. The average Bonchev–Trinajstić information content (AvgIpc) is 2.85. The molecule has 0 aliphatic carbocycles. The van der Waals surface area contributed by atoms with Crippen LogP contribution in [0, 0.1) is 0 Å². The van der Waals surface area contributed by atoms with E-state index in [4.69, 9.17) is 4.74 Å². The topological polar surface area (TPSA) is 58.6 Å². The Bertz CT molecular complexity index is 1300. The van der Waals surface area contributed by atoms with Crippen molar-refractivity contribution in [2.24, 2.45) is 0 Å². The number of ether oxygens (including phenoxy) is 1. The molecule has 0 aromatic heterocycles. The summed E-state index contributed by atoms with van der Waals surface area (Å²) in [5, 5.41) is 2.86. The van der Waals surface area contributed by atoms with E-state index in [2.05, 4.69) is 5.32 Å². The summed E-state index contributed by atoms with van der Waals surface area (Å²) < 4.78 is 43.7. The standard InChI is InChI=1S/C26H21F3N2O3S/c1-31-20-14-17(24(32)30-15-18-5-3-4-6-21(18)34-2)9-12-22(20)35-23(25(31)33)13-16-7-10-19(11-8-16)26(27,28)29/h3-14H,15H2,1-2H3,(H,30,32)/b23-13-. The van der Waals surface area contributed by atoms with Gasteiger partial charge in [-0.15, -0.1) is 0 Å². The van der Waals surface area contributed by atoms with Crippen molar-refractivity contribution >= 4 is 35.3 Å². The van der Waals surface area contributed by atoms with Gasteiger partial charge in [-0.05, 0) is 48.0 Å². The maximum Gasteiger partial charge on any atom is 0.416 e. The zero-order valence-electron chi connectivity index (χ0n) is 18.8. The first-order valence-corrected chi connectivity index (χ1v) is 11.4. The van der Waals surface area contributed by atoms with Crippen molar-refractivity contribution in [1.29, 1.82) is 0 Å². The summed E-state index contributed by atoms with van der Waals surface area (Å²) in [6.07, 6.45) is -2.86. The predicted molar refractivity (Wildman–Crippen MR) is 129 cm³/mol. The molecule has 0 atom stereocenters. The number of methoxy groups -OCH3 is 1. The van der Waals surface area contributed by atoms with Crippen molar-refractivity contribution in [3.63, 3.8) is 0 Å². The van der Waals surface area contributed by atoms with Crippen LogP contribution in [0.1, 0.15) is 27.0 Å². The van der Waals surface area contributed by atoms with Crippen LogP contribution in [0.2, 0.25) is 0 Å². The Balaban J connectivity index is 1.51. The van der Waals surface area contributed by atoms with Gasteiger partial charge in [0, 0.05) is 29.6 Å². The number of alkyl halides is 3. The van der Waals surface area contributed by atoms with Crippen LogP contribution in [0.3, 0.4) is 0 Å². The molecule has 3 aromatic carbocycles. The fourth-order valence-electron chi connectivity index (χ4n) is 3.58. The molecule has 0 radical (unpaired) electrons. The number of rotatable bonds is 5. The Morgan fingerprint density at radius 1 is 1.09 bits per heavy atom. The highest BCUT2D eigenvalue weighted by Gasteiger charge is 2.30. The molecule has 0 fully saturated rings. The van der Waals surface area contributed by atoms with Crippen molar-refractivity contribution in [3.8, 4) is 5.75 Å². The molecule has 3 aromatic rings. The van der Waals surface area contributed by atoms with Gasteiger partial charge in [-0.25, -0.2) is 0 Å². The van der Waals surface area contributed by atoms with Crippen LogP contribution in [-0.2, 0) is 17.5 Å². The number of amides is 2. The van der Waals surface area contributed by atoms with Gasteiger partial charge in [0.1, 0.15) is 5.75 Å². The van der Waals surface area contributed by atoms with Gasteiger partial charge in [0.25, 0.3) is 11.8 Å². The molecule has 1 aliphatic rings. The minimum Gasteiger partial charge on any atom is -0.496 e. The normalized spacial score (nSPS) is 14.6. The van der Waals surface area contributed by atoms with Crippen molar-refractivity contribution < 1.29 is 27.5 Å². The molecule has 1 aliphatic heterocycles. The summed E-state index contributed by atoms with van der Waals surface area (Å²) in [4.78, 5) is 28.2. The SMILES string of the molecule is COc1ccccc1CNC(=O)c1ccc2c(c1)N(C)C(=O)/C(=C/c1ccc(C(F)(F)F)cc1)S2. The van der Waals surface area contributed by atoms with Crippen molar-refractivity contribution in [3.05, 3.63) is 93.9 Å². The third-order valence-corrected chi connectivity index (χ3v) is 6.56. The number of para-hydroxylation sites is 1. The summed E-state index contributed by atoms with van der Waals surface area (Å²) in [7, 11) is 3.16. The van der Waals surface area contributed by atoms with E-state index in [0.29, 0.717) is 27.5 Å². The zero-order chi connectivity index (χ0) is 25.2. The van der Waals surface area contributed by atoms with E-state index in [1.165, 1.54) is 28.8 Å². The quantitative estimate of drug-likeness (QED) is 0.455. The van der Waals surface area contributed by atoms with Gasteiger partial charge in [-0.1, -0.05) is 42.1 Å². The molecule has 5 nitrogen and oxygen atoms in total. The summed E-state index contributed by atoms with van der Waals surface area (Å²) >= 11 is 1.21.